The number of alkyl halides is 3. The minimum atomic E-state index is -4.95. The summed E-state index contributed by atoms with van der Waals surface area (Å²) in [5, 5.41) is 2.60. The molecule has 1 aromatic heterocycles. The van der Waals surface area contributed by atoms with Crippen molar-refractivity contribution in [1.29, 1.82) is 0 Å². The molecule has 5 rings (SSSR count). The van der Waals surface area contributed by atoms with Gasteiger partial charge in [-0.05, 0) is 78.6 Å². The number of fused-ring (bicyclic) bond motifs is 2. The van der Waals surface area contributed by atoms with Crippen molar-refractivity contribution in [3.63, 3.8) is 0 Å². The molecule has 3 aliphatic heterocycles. The number of carbonyl (C=O) groups excluding carboxylic acids is 2. The molecule has 2 aromatic rings. The van der Waals surface area contributed by atoms with Crippen LogP contribution in [0.4, 0.5) is 33.7 Å². The SMILES string of the molecule is CC1CN(c2cc(F)c(C3=CC4CCC(C3)N4C(=O)OC(C)(C)C)cc2NC(=O)c2c[nH]c(=O)cc2C(F)(F)F)CC(C)N1C. The van der Waals surface area contributed by atoms with Gasteiger partial charge in [0.25, 0.3) is 5.91 Å². The van der Waals surface area contributed by atoms with Crippen LogP contribution in [0.1, 0.15) is 75.4 Å². The number of pyridine rings is 1. The van der Waals surface area contributed by atoms with Crippen LogP contribution in [-0.4, -0.2) is 76.7 Å². The number of halogens is 4. The molecule has 4 unspecified atom stereocenters. The number of benzene rings is 1. The molecule has 0 aliphatic carbocycles. The van der Waals surface area contributed by atoms with Crippen LogP contribution in [0.2, 0.25) is 0 Å². The van der Waals surface area contributed by atoms with Crippen LogP contribution in [0.25, 0.3) is 5.57 Å². The lowest BCUT2D eigenvalue weighted by molar-refractivity contribution is -0.138. The molecule has 1 aromatic carbocycles. The molecule has 2 amide bonds. The summed E-state index contributed by atoms with van der Waals surface area (Å²) in [6.07, 6.45) is -1.09. The number of piperazine rings is 1. The highest BCUT2D eigenvalue weighted by molar-refractivity contribution is 6.07. The molecule has 244 valence electrons. The monoisotopic (exact) mass is 633 g/mol. The van der Waals surface area contributed by atoms with E-state index in [1.807, 2.05) is 31.9 Å². The topological polar surface area (TPSA) is 98.0 Å². The van der Waals surface area contributed by atoms with Crippen molar-refractivity contribution in [1.82, 2.24) is 14.8 Å². The number of aromatic nitrogens is 1. The summed E-state index contributed by atoms with van der Waals surface area (Å²) in [6.45, 7) is 10.4. The molecule has 13 heteroatoms. The van der Waals surface area contributed by atoms with Crippen LogP contribution >= 0.6 is 0 Å². The first-order valence-corrected chi connectivity index (χ1v) is 15.1. The largest absolute Gasteiger partial charge is 0.444 e. The van der Waals surface area contributed by atoms with E-state index in [0.717, 1.165) is 6.20 Å². The molecule has 0 spiro atoms. The Labute approximate surface area is 259 Å². The number of anilines is 2. The van der Waals surface area contributed by atoms with E-state index in [1.54, 1.807) is 25.7 Å². The second-order valence-corrected chi connectivity index (χ2v) is 13.3. The second kappa shape index (κ2) is 11.8. The highest BCUT2D eigenvalue weighted by Crippen LogP contribution is 2.42. The molecule has 3 aliphatic rings. The van der Waals surface area contributed by atoms with E-state index in [4.69, 9.17) is 4.74 Å². The Morgan fingerprint density at radius 1 is 1.04 bits per heavy atom. The average molecular weight is 634 g/mol. The Hall–Kier alpha value is -3.87. The number of amides is 2. The van der Waals surface area contributed by atoms with E-state index in [0.29, 0.717) is 49.7 Å². The van der Waals surface area contributed by atoms with Crippen molar-refractivity contribution in [2.75, 3.05) is 30.4 Å². The number of hydrogen-bond acceptors (Lipinski definition) is 6. The van der Waals surface area contributed by atoms with Crippen LogP contribution in [0, 0.1) is 5.82 Å². The van der Waals surface area contributed by atoms with Gasteiger partial charge in [0.2, 0.25) is 5.56 Å². The van der Waals surface area contributed by atoms with Gasteiger partial charge in [-0.3, -0.25) is 19.4 Å². The minimum absolute atomic E-state index is 0.0755. The first kappa shape index (κ1) is 32.5. The van der Waals surface area contributed by atoms with E-state index in [1.165, 1.54) is 12.1 Å². The Morgan fingerprint density at radius 2 is 1.71 bits per heavy atom. The Balaban J connectivity index is 1.55. The zero-order valence-corrected chi connectivity index (χ0v) is 26.2. The third kappa shape index (κ3) is 6.73. The van der Waals surface area contributed by atoms with Gasteiger partial charge >= 0.3 is 12.3 Å². The number of nitrogens with one attached hydrogen (secondary N) is 2. The molecule has 0 radical (unpaired) electrons. The maximum Gasteiger partial charge on any atom is 0.417 e. The molecule has 4 atom stereocenters. The molecular formula is C32H39F4N5O4. The van der Waals surface area contributed by atoms with Crippen LogP contribution < -0.4 is 15.8 Å². The zero-order chi connectivity index (χ0) is 33.0. The predicted octanol–water partition coefficient (Wildman–Crippen LogP) is 5.87. The molecule has 9 nitrogen and oxygen atoms in total. The third-order valence-corrected chi connectivity index (χ3v) is 8.85. The van der Waals surface area contributed by atoms with Gasteiger partial charge in [0.1, 0.15) is 11.4 Å². The number of ether oxygens (including phenoxy) is 1. The summed E-state index contributed by atoms with van der Waals surface area (Å²) >= 11 is 0. The summed E-state index contributed by atoms with van der Waals surface area (Å²) in [6, 6.07) is 2.75. The molecule has 0 saturated carbocycles. The normalized spacial score (nSPS) is 24.0. The van der Waals surface area contributed by atoms with Gasteiger partial charge in [0, 0.05) is 49.0 Å². The highest BCUT2D eigenvalue weighted by atomic mass is 19.4. The molecule has 2 fully saturated rings. The lowest BCUT2D eigenvalue weighted by Crippen LogP contribution is -2.55. The number of aromatic amines is 1. The minimum Gasteiger partial charge on any atom is -0.444 e. The number of rotatable bonds is 4. The van der Waals surface area contributed by atoms with Crippen LogP contribution in [-0.2, 0) is 10.9 Å². The summed E-state index contributed by atoms with van der Waals surface area (Å²) in [4.78, 5) is 46.0. The summed E-state index contributed by atoms with van der Waals surface area (Å²) in [5.74, 6) is -1.64. The van der Waals surface area contributed by atoms with Crippen LogP contribution in [0.5, 0.6) is 0 Å². The average Bonchev–Trinajstić information content (AvgIpc) is 3.20. The maximum atomic E-state index is 16.0. The third-order valence-electron chi connectivity index (χ3n) is 8.85. The molecule has 2 N–H and O–H groups in total. The van der Waals surface area contributed by atoms with Gasteiger partial charge in [0.15, 0.2) is 0 Å². The van der Waals surface area contributed by atoms with Crippen LogP contribution in [0.15, 0.2) is 35.3 Å². The van der Waals surface area contributed by atoms with Crippen molar-refractivity contribution in [3.8, 4) is 0 Å². The Kier molecular flexibility index (Phi) is 8.54. The zero-order valence-electron chi connectivity index (χ0n) is 26.2. The molecule has 4 heterocycles. The van der Waals surface area contributed by atoms with Crippen molar-refractivity contribution < 1.29 is 31.9 Å². The van der Waals surface area contributed by atoms with Crippen molar-refractivity contribution in [3.05, 3.63) is 63.3 Å². The van der Waals surface area contributed by atoms with E-state index < -0.39 is 46.3 Å². The quantitative estimate of drug-likeness (QED) is 0.409. The Bertz CT molecular complexity index is 1570. The van der Waals surface area contributed by atoms with Gasteiger partial charge in [-0.15, -0.1) is 0 Å². The molecular weight excluding hydrogens is 594 g/mol. The van der Waals surface area contributed by atoms with Gasteiger partial charge in [0.05, 0.1) is 28.5 Å². The lowest BCUT2D eigenvalue weighted by Gasteiger charge is -2.44. The predicted molar refractivity (Wildman–Crippen MR) is 163 cm³/mol. The van der Waals surface area contributed by atoms with Gasteiger partial charge in [-0.25, -0.2) is 9.18 Å². The van der Waals surface area contributed by atoms with Crippen molar-refractivity contribution in [2.45, 2.75) is 89.8 Å². The summed E-state index contributed by atoms with van der Waals surface area (Å²) in [7, 11) is 1.98. The van der Waals surface area contributed by atoms with E-state index in [9.17, 15) is 27.6 Å². The fourth-order valence-corrected chi connectivity index (χ4v) is 6.48. The summed E-state index contributed by atoms with van der Waals surface area (Å²) < 4.78 is 63.0. The van der Waals surface area contributed by atoms with Gasteiger partial charge in [-0.1, -0.05) is 6.08 Å². The molecule has 2 bridgehead atoms. The van der Waals surface area contributed by atoms with E-state index >= 15 is 4.39 Å². The maximum absolute atomic E-state index is 16.0. The molecule has 45 heavy (non-hydrogen) atoms. The highest BCUT2D eigenvalue weighted by Gasteiger charge is 2.42. The fourth-order valence-electron chi connectivity index (χ4n) is 6.48. The van der Waals surface area contributed by atoms with Gasteiger partial charge in [-0.2, -0.15) is 13.2 Å². The Morgan fingerprint density at radius 3 is 2.31 bits per heavy atom. The second-order valence-electron chi connectivity index (χ2n) is 13.3. The standard InChI is InChI=1S/C32H39F4N5O4/c1-17-15-40(16-18(2)39(17)6)27-13-25(33)22(19-9-20-7-8-21(10-19)41(20)30(44)45-31(3,4)5)11-26(27)38-29(43)23-14-37-28(42)12-24(23)32(34,35)36/h9,11-14,17-18,20-21H,7-8,10,15-16H2,1-6H3,(H,37,42)(H,38,43). The number of H-pyrrole nitrogens is 1. The number of nitrogens with zero attached hydrogens (tertiary/aromatic N) is 3. The first-order valence-electron chi connectivity index (χ1n) is 15.1. The first-order chi connectivity index (χ1) is 20.9. The lowest BCUT2D eigenvalue weighted by atomic mass is 9.93. The van der Waals surface area contributed by atoms with E-state index in [-0.39, 0.29) is 35.4 Å². The summed E-state index contributed by atoms with van der Waals surface area (Å²) in [5.41, 5.74) is -2.49. The van der Waals surface area contributed by atoms with Gasteiger partial charge < -0.3 is 19.9 Å². The van der Waals surface area contributed by atoms with E-state index in [2.05, 4.69) is 15.2 Å². The number of carbonyl (C=O) groups is 2. The molecule has 2 saturated heterocycles. The smallest absolute Gasteiger partial charge is 0.417 e. The van der Waals surface area contributed by atoms with Crippen molar-refractivity contribution in [2.24, 2.45) is 0 Å². The fraction of sp³-hybridized carbons (Fsp3) is 0.531. The van der Waals surface area contributed by atoms with Crippen LogP contribution in [0.3, 0.4) is 0 Å². The number of likely N-dealkylation sites (N-methyl/N-ethyl adjacent to an activating group) is 1. The number of hydrogen-bond donors (Lipinski definition) is 2. The van der Waals surface area contributed by atoms with Crippen molar-refractivity contribution >= 4 is 28.9 Å².